The highest BCUT2D eigenvalue weighted by molar-refractivity contribution is 7.80. The van der Waals surface area contributed by atoms with Gasteiger partial charge in [0.05, 0.1) is 5.56 Å². The van der Waals surface area contributed by atoms with Gasteiger partial charge in [-0.3, -0.25) is 4.79 Å². The van der Waals surface area contributed by atoms with Crippen molar-refractivity contribution < 1.29 is 9.18 Å². The summed E-state index contributed by atoms with van der Waals surface area (Å²) in [5, 5.41) is 3.03. The molecule has 3 N–H and O–H groups in total. The number of halogens is 1. The second-order valence-electron chi connectivity index (χ2n) is 5.28. The Morgan fingerprint density at radius 1 is 1.38 bits per heavy atom. The van der Waals surface area contributed by atoms with Crippen LogP contribution < -0.4 is 11.1 Å². The van der Waals surface area contributed by atoms with Crippen LogP contribution in [-0.2, 0) is 4.79 Å². The number of hydrogen-bond acceptors (Lipinski definition) is 3. The summed E-state index contributed by atoms with van der Waals surface area (Å²) in [5.41, 5.74) is 6.18. The van der Waals surface area contributed by atoms with Crippen LogP contribution in [0.3, 0.4) is 0 Å². The van der Waals surface area contributed by atoms with Gasteiger partial charge in [-0.15, -0.1) is 0 Å². The molecule has 21 heavy (non-hydrogen) atoms. The number of benzene rings is 1. The number of carbonyl (C=O) groups excluding carboxylic acids is 1. The number of amides is 1. The lowest BCUT2D eigenvalue weighted by Gasteiger charge is -2.30. The highest BCUT2D eigenvalue weighted by Gasteiger charge is 2.23. The lowest BCUT2D eigenvalue weighted by molar-refractivity contribution is -0.132. The van der Waals surface area contributed by atoms with E-state index in [2.05, 4.69) is 5.32 Å². The van der Waals surface area contributed by atoms with E-state index in [1.807, 2.05) is 4.90 Å². The van der Waals surface area contributed by atoms with Crippen LogP contribution in [0.4, 0.5) is 10.1 Å². The second kappa shape index (κ2) is 6.85. The number of nitrogens with one attached hydrogen (secondary N) is 1. The van der Waals surface area contributed by atoms with E-state index in [-0.39, 0.29) is 16.5 Å². The predicted octanol–water partition coefficient (Wildman–Crippen LogP) is 2.27. The summed E-state index contributed by atoms with van der Waals surface area (Å²) in [5.74, 6) is -0.460. The summed E-state index contributed by atoms with van der Waals surface area (Å²) in [6, 6.07) is 4.10. The summed E-state index contributed by atoms with van der Waals surface area (Å²) in [7, 11) is 0. The molecule has 1 unspecified atom stereocenters. The number of likely N-dealkylation sites (tertiary alicyclic amines) is 1. The van der Waals surface area contributed by atoms with Crippen molar-refractivity contribution in [2.45, 2.75) is 32.2 Å². The molecule has 1 amide bonds. The molecule has 0 aromatic heterocycles. The summed E-state index contributed by atoms with van der Waals surface area (Å²) in [6.45, 7) is 3.34. The average Bonchev–Trinajstić information content (AvgIpc) is 2.47. The molecule has 0 saturated carbocycles. The topological polar surface area (TPSA) is 58.4 Å². The number of piperidine rings is 1. The lowest BCUT2D eigenvalue weighted by atomic mass is 10.1. The van der Waals surface area contributed by atoms with E-state index in [0.29, 0.717) is 5.69 Å². The maximum Gasteiger partial charge on any atom is 0.244 e. The van der Waals surface area contributed by atoms with Crippen LogP contribution >= 0.6 is 12.2 Å². The van der Waals surface area contributed by atoms with Crippen LogP contribution in [-0.4, -0.2) is 34.9 Å². The zero-order valence-corrected chi connectivity index (χ0v) is 12.9. The molecule has 1 fully saturated rings. The van der Waals surface area contributed by atoms with Crippen LogP contribution in [0.5, 0.6) is 0 Å². The number of carbonyl (C=O) groups is 1. The number of hydrogen-bond donors (Lipinski definition) is 2. The van der Waals surface area contributed by atoms with Gasteiger partial charge in [-0.2, -0.15) is 0 Å². The van der Waals surface area contributed by atoms with Crippen molar-refractivity contribution in [3.63, 3.8) is 0 Å². The quantitative estimate of drug-likeness (QED) is 0.838. The van der Waals surface area contributed by atoms with Crippen molar-refractivity contribution in [3.05, 3.63) is 29.6 Å². The van der Waals surface area contributed by atoms with Crippen LogP contribution in [0, 0.1) is 5.82 Å². The van der Waals surface area contributed by atoms with Crippen LogP contribution in [0.25, 0.3) is 0 Å². The van der Waals surface area contributed by atoms with Gasteiger partial charge in [0.15, 0.2) is 0 Å². The Kier molecular flexibility index (Phi) is 5.12. The molecule has 1 aliphatic rings. The third kappa shape index (κ3) is 3.69. The first-order valence-corrected chi connectivity index (χ1v) is 7.55. The Hall–Kier alpha value is -1.69. The summed E-state index contributed by atoms with van der Waals surface area (Å²) in [4.78, 5) is 14.2. The third-order valence-corrected chi connectivity index (χ3v) is 3.87. The fourth-order valence-corrected chi connectivity index (χ4v) is 2.79. The highest BCUT2D eigenvalue weighted by Crippen LogP contribution is 2.20. The molecular weight excluding hydrogens is 289 g/mol. The number of anilines is 1. The Morgan fingerprint density at radius 3 is 2.67 bits per heavy atom. The molecule has 1 aromatic rings. The Bertz CT molecular complexity index is 544. The molecule has 0 spiro atoms. The molecule has 0 radical (unpaired) electrons. The Labute approximate surface area is 129 Å². The highest BCUT2D eigenvalue weighted by atomic mass is 32.1. The van der Waals surface area contributed by atoms with Gasteiger partial charge in [0.25, 0.3) is 0 Å². The maximum atomic E-state index is 13.8. The number of nitrogens with zero attached hydrogens (tertiary/aromatic N) is 1. The number of rotatable bonds is 4. The van der Waals surface area contributed by atoms with Gasteiger partial charge in [0.2, 0.25) is 5.91 Å². The van der Waals surface area contributed by atoms with Crippen LogP contribution in [0.1, 0.15) is 31.7 Å². The lowest BCUT2D eigenvalue weighted by Crippen LogP contribution is -2.44. The van der Waals surface area contributed by atoms with Gasteiger partial charge in [0, 0.05) is 18.8 Å². The monoisotopic (exact) mass is 309 g/mol. The first-order chi connectivity index (χ1) is 10.0. The van der Waals surface area contributed by atoms with Gasteiger partial charge in [-0.25, -0.2) is 4.39 Å². The second-order valence-corrected chi connectivity index (χ2v) is 5.72. The first kappa shape index (κ1) is 15.7. The van der Waals surface area contributed by atoms with E-state index < -0.39 is 11.9 Å². The van der Waals surface area contributed by atoms with Gasteiger partial charge < -0.3 is 16.0 Å². The third-order valence-electron chi connectivity index (χ3n) is 3.67. The molecule has 0 bridgehead atoms. The van der Waals surface area contributed by atoms with Crippen molar-refractivity contribution in [1.29, 1.82) is 0 Å². The number of nitrogens with two attached hydrogens (primary N) is 1. The Morgan fingerprint density at radius 2 is 2.05 bits per heavy atom. The molecule has 114 valence electrons. The molecule has 1 saturated heterocycles. The standard InChI is InChI=1S/C15H20FN3OS/c1-10(15(20)19-8-3-2-4-9-19)18-12-7-5-6-11(16)13(12)14(17)21/h5-7,10,18H,2-4,8-9H2,1H3,(H2,17,21). The zero-order chi connectivity index (χ0) is 15.4. The molecule has 2 rings (SSSR count). The van der Waals surface area contributed by atoms with Gasteiger partial charge in [0.1, 0.15) is 16.8 Å². The minimum absolute atomic E-state index is 0.0202. The minimum Gasteiger partial charge on any atom is -0.389 e. The molecule has 0 aliphatic carbocycles. The SMILES string of the molecule is CC(Nc1cccc(F)c1C(N)=S)C(=O)N1CCCCC1. The van der Waals surface area contributed by atoms with E-state index in [1.165, 1.54) is 12.5 Å². The fraction of sp³-hybridized carbons (Fsp3) is 0.467. The van der Waals surface area contributed by atoms with Gasteiger partial charge in [-0.05, 0) is 38.3 Å². The number of thiocarbonyl (C=S) groups is 1. The predicted molar refractivity (Wildman–Crippen MR) is 85.8 cm³/mol. The van der Waals surface area contributed by atoms with E-state index in [9.17, 15) is 9.18 Å². The summed E-state index contributed by atoms with van der Waals surface area (Å²) in [6.07, 6.45) is 3.24. The van der Waals surface area contributed by atoms with Gasteiger partial charge in [-0.1, -0.05) is 18.3 Å². The fourth-order valence-electron chi connectivity index (χ4n) is 2.58. The van der Waals surface area contributed by atoms with E-state index in [0.717, 1.165) is 25.9 Å². The minimum atomic E-state index is -0.481. The molecule has 1 atom stereocenters. The Balaban J connectivity index is 2.12. The summed E-state index contributed by atoms with van der Waals surface area (Å²) >= 11 is 4.88. The normalized spacial score (nSPS) is 16.4. The molecule has 1 heterocycles. The zero-order valence-electron chi connectivity index (χ0n) is 12.1. The molecule has 6 heteroatoms. The van der Waals surface area contributed by atoms with Crippen molar-refractivity contribution in [2.75, 3.05) is 18.4 Å². The van der Waals surface area contributed by atoms with Crippen LogP contribution in [0.15, 0.2) is 18.2 Å². The molecule has 1 aromatic carbocycles. The van der Waals surface area contributed by atoms with E-state index in [4.69, 9.17) is 18.0 Å². The van der Waals surface area contributed by atoms with E-state index >= 15 is 0 Å². The van der Waals surface area contributed by atoms with Crippen molar-refractivity contribution in [3.8, 4) is 0 Å². The van der Waals surface area contributed by atoms with E-state index in [1.54, 1.807) is 19.1 Å². The molecule has 4 nitrogen and oxygen atoms in total. The average molecular weight is 309 g/mol. The molecule has 1 aliphatic heterocycles. The van der Waals surface area contributed by atoms with Crippen molar-refractivity contribution >= 4 is 28.8 Å². The first-order valence-electron chi connectivity index (χ1n) is 7.14. The largest absolute Gasteiger partial charge is 0.389 e. The van der Waals surface area contributed by atoms with Crippen molar-refractivity contribution in [1.82, 2.24) is 4.90 Å². The van der Waals surface area contributed by atoms with Crippen LogP contribution in [0.2, 0.25) is 0 Å². The van der Waals surface area contributed by atoms with Crippen molar-refractivity contribution in [2.24, 2.45) is 5.73 Å². The summed E-state index contributed by atoms with van der Waals surface area (Å²) < 4.78 is 13.8. The smallest absolute Gasteiger partial charge is 0.244 e. The van der Waals surface area contributed by atoms with Gasteiger partial charge >= 0.3 is 0 Å². The maximum absolute atomic E-state index is 13.8. The molecular formula is C15H20FN3OS.